The standard InChI is InChI=1S/C17H22N2O6S/c20-13-3-1-12(2-4-13)9-16(21)19-8-7-18(6-5-17(22)23)14-10-26(24,25)11-15(14)19/h1-4,14-15,20H,5-11H2,(H,22,23)/t14-,15+/m0/s1. The second kappa shape index (κ2) is 7.24. The number of carboxylic acid groups (broad SMARTS) is 1. The number of carbonyl (C=O) groups is 2. The third kappa shape index (κ3) is 4.16. The number of sulfone groups is 1. The molecule has 2 saturated heterocycles. The van der Waals surface area contributed by atoms with Crippen LogP contribution in [0.15, 0.2) is 24.3 Å². The van der Waals surface area contributed by atoms with Gasteiger partial charge >= 0.3 is 5.97 Å². The molecule has 0 saturated carbocycles. The van der Waals surface area contributed by atoms with Gasteiger partial charge in [0.2, 0.25) is 5.91 Å². The quantitative estimate of drug-likeness (QED) is 0.720. The van der Waals surface area contributed by atoms with E-state index in [1.807, 2.05) is 4.90 Å². The Kier molecular flexibility index (Phi) is 5.19. The number of benzene rings is 1. The Morgan fingerprint density at radius 1 is 1.08 bits per heavy atom. The van der Waals surface area contributed by atoms with E-state index in [2.05, 4.69) is 0 Å². The summed E-state index contributed by atoms with van der Waals surface area (Å²) in [4.78, 5) is 27.1. The minimum atomic E-state index is -3.26. The van der Waals surface area contributed by atoms with E-state index >= 15 is 0 Å². The van der Waals surface area contributed by atoms with E-state index in [1.54, 1.807) is 17.0 Å². The average molecular weight is 382 g/mol. The normalized spacial score (nSPS) is 25.0. The fourth-order valence-corrected chi connectivity index (χ4v) is 5.75. The Labute approximate surface area is 151 Å². The summed E-state index contributed by atoms with van der Waals surface area (Å²) < 4.78 is 24.3. The first kappa shape index (κ1) is 18.7. The number of nitrogens with zero attached hydrogens (tertiary/aromatic N) is 2. The molecule has 8 nitrogen and oxygen atoms in total. The van der Waals surface area contributed by atoms with Gasteiger partial charge in [0.15, 0.2) is 9.84 Å². The van der Waals surface area contributed by atoms with Crippen LogP contribution < -0.4 is 0 Å². The molecule has 1 aromatic rings. The summed E-state index contributed by atoms with van der Waals surface area (Å²) in [7, 11) is -3.26. The molecule has 0 unspecified atom stereocenters. The molecule has 2 fully saturated rings. The molecule has 2 heterocycles. The molecule has 2 atom stereocenters. The molecule has 1 amide bonds. The minimum absolute atomic E-state index is 0.0414. The molecule has 1 aromatic carbocycles. The Bertz CT molecular complexity index is 792. The lowest BCUT2D eigenvalue weighted by Gasteiger charge is -2.43. The average Bonchev–Trinajstić information content (AvgIpc) is 2.89. The number of phenols is 1. The van der Waals surface area contributed by atoms with Gasteiger partial charge in [0.25, 0.3) is 0 Å². The van der Waals surface area contributed by atoms with E-state index in [9.17, 15) is 23.1 Å². The predicted molar refractivity (Wildman–Crippen MR) is 93.6 cm³/mol. The molecular weight excluding hydrogens is 360 g/mol. The van der Waals surface area contributed by atoms with Crippen LogP contribution in [-0.2, 0) is 25.8 Å². The maximum absolute atomic E-state index is 12.7. The van der Waals surface area contributed by atoms with E-state index in [-0.39, 0.29) is 48.6 Å². The van der Waals surface area contributed by atoms with Crippen molar-refractivity contribution in [1.29, 1.82) is 0 Å². The summed E-state index contributed by atoms with van der Waals surface area (Å²) in [6.45, 7) is 1.13. The lowest BCUT2D eigenvalue weighted by atomic mass is 10.0. The second-order valence-corrected chi connectivity index (χ2v) is 8.98. The zero-order valence-electron chi connectivity index (χ0n) is 14.2. The van der Waals surface area contributed by atoms with Crippen LogP contribution in [0.25, 0.3) is 0 Å². The number of rotatable bonds is 5. The molecule has 9 heteroatoms. The number of carbonyl (C=O) groups excluding carboxylic acids is 1. The molecule has 2 aliphatic heterocycles. The van der Waals surface area contributed by atoms with Crippen molar-refractivity contribution in [3.05, 3.63) is 29.8 Å². The van der Waals surface area contributed by atoms with Gasteiger partial charge in [-0.25, -0.2) is 8.42 Å². The van der Waals surface area contributed by atoms with E-state index in [0.717, 1.165) is 5.56 Å². The predicted octanol–water partition coefficient (Wildman–Crippen LogP) is -0.281. The van der Waals surface area contributed by atoms with Gasteiger partial charge < -0.3 is 15.1 Å². The molecule has 26 heavy (non-hydrogen) atoms. The first-order chi connectivity index (χ1) is 12.2. The van der Waals surface area contributed by atoms with Crippen LogP contribution in [0.4, 0.5) is 0 Å². The van der Waals surface area contributed by atoms with Crippen LogP contribution in [0.3, 0.4) is 0 Å². The van der Waals surface area contributed by atoms with Crippen molar-refractivity contribution in [2.24, 2.45) is 0 Å². The molecule has 0 aliphatic carbocycles. The highest BCUT2D eigenvalue weighted by Crippen LogP contribution is 2.27. The third-order valence-electron chi connectivity index (χ3n) is 5.02. The Balaban J connectivity index is 1.73. The number of piperazine rings is 1. The number of carboxylic acids is 1. The molecule has 2 N–H and O–H groups in total. The molecule has 0 bridgehead atoms. The van der Waals surface area contributed by atoms with Gasteiger partial charge in [-0.05, 0) is 17.7 Å². The van der Waals surface area contributed by atoms with Crippen molar-refractivity contribution in [1.82, 2.24) is 9.80 Å². The lowest BCUT2D eigenvalue weighted by Crippen LogP contribution is -2.61. The van der Waals surface area contributed by atoms with Gasteiger partial charge in [0.1, 0.15) is 5.75 Å². The first-order valence-electron chi connectivity index (χ1n) is 8.49. The Morgan fingerprint density at radius 3 is 2.38 bits per heavy atom. The summed E-state index contributed by atoms with van der Waals surface area (Å²) in [6.07, 6.45) is 0.0867. The molecule has 0 aromatic heterocycles. The zero-order chi connectivity index (χ0) is 18.9. The van der Waals surface area contributed by atoms with E-state index in [0.29, 0.717) is 13.1 Å². The first-order valence-corrected chi connectivity index (χ1v) is 10.3. The van der Waals surface area contributed by atoms with Crippen LogP contribution >= 0.6 is 0 Å². The largest absolute Gasteiger partial charge is 0.508 e. The van der Waals surface area contributed by atoms with Crippen molar-refractivity contribution >= 4 is 21.7 Å². The SMILES string of the molecule is O=C(O)CCN1CCN(C(=O)Cc2ccc(O)cc2)[C@@H]2CS(=O)(=O)C[C@@H]21. The number of aliphatic carboxylic acids is 1. The van der Waals surface area contributed by atoms with E-state index in [4.69, 9.17) is 5.11 Å². The van der Waals surface area contributed by atoms with E-state index in [1.165, 1.54) is 12.1 Å². The van der Waals surface area contributed by atoms with Gasteiger partial charge in [-0.1, -0.05) is 12.1 Å². The van der Waals surface area contributed by atoms with Crippen LogP contribution in [0, 0.1) is 0 Å². The summed E-state index contributed by atoms with van der Waals surface area (Å²) >= 11 is 0. The van der Waals surface area contributed by atoms with Crippen molar-refractivity contribution < 1.29 is 28.2 Å². The van der Waals surface area contributed by atoms with Crippen molar-refractivity contribution in [2.75, 3.05) is 31.1 Å². The van der Waals surface area contributed by atoms with Gasteiger partial charge in [0, 0.05) is 25.7 Å². The lowest BCUT2D eigenvalue weighted by molar-refractivity contribution is -0.140. The van der Waals surface area contributed by atoms with Gasteiger partial charge in [-0.2, -0.15) is 0 Å². The second-order valence-electron chi connectivity index (χ2n) is 6.82. The van der Waals surface area contributed by atoms with Crippen LogP contribution in [0.5, 0.6) is 5.75 Å². The summed E-state index contributed by atoms with van der Waals surface area (Å²) in [5.74, 6) is -1.08. The van der Waals surface area contributed by atoms with Crippen LogP contribution in [-0.4, -0.2) is 83.5 Å². The highest BCUT2D eigenvalue weighted by atomic mass is 32.2. The summed E-state index contributed by atoms with van der Waals surface area (Å²) in [5, 5.41) is 18.2. The molecule has 0 spiro atoms. The summed E-state index contributed by atoms with van der Waals surface area (Å²) in [5.41, 5.74) is 0.749. The maximum atomic E-state index is 12.7. The van der Waals surface area contributed by atoms with Crippen LogP contribution in [0.2, 0.25) is 0 Å². The number of hydrogen-bond donors (Lipinski definition) is 2. The van der Waals surface area contributed by atoms with Crippen molar-refractivity contribution in [3.8, 4) is 5.75 Å². The number of hydrogen-bond acceptors (Lipinski definition) is 6. The number of phenolic OH excluding ortho intramolecular Hbond substituents is 1. The van der Waals surface area contributed by atoms with Gasteiger partial charge in [-0.15, -0.1) is 0 Å². The van der Waals surface area contributed by atoms with Crippen molar-refractivity contribution in [2.45, 2.75) is 24.9 Å². The number of amides is 1. The molecule has 2 aliphatic rings. The number of aromatic hydroxyl groups is 1. The topological polar surface area (TPSA) is 115 Å². The fourth-order valence-electron chi connectivity index (χ4n) is 3.74. The zero-order valence-corrected chi connectivity index (χ0v) is 15.1. The summed E-state index contributed by atoms with van der Waals surface area (Å²) in [6, 6.07) is 5.56. The monoisotopic (exact) mass is 382 g/mol. The molecule has 0 radical (unpaired) electrons. The smallest absolute Gasteiger partial charge is 0.304 e. The Hall–Kier alpha value is -2.13. The minimum Gasteiger partial charge on any atom is -0.508 e. The van der Waals surface area contributed by atoms with Gasteiger partial charge in [0.05, 0.1) is 30.4 Å². The third-order valence-corrected chi connectivity index (χ3v) is 6.71. The fraction of sp³-hybridized carbons (Fsp3) is 0.529. The Morgan fingerprint density at radius 2 is 1.73 bits per heavy atom. The maximum Gasteiger partial charge on any atom is 0.304 e. The highest BCUT2D eigenvalue weighted by molar-refractivity contribution is 7.91. The molecular formula is C17H22N2O6S. The molecule has 3 rings (SSSR count). The van der Waals surface area contributed by atoms with Gasteiger partial charge in [-0.3, -0.25) is 14.5 Å². The van der Waals surface area contributed by atoms with E-state index < -0.39 is 21.8 Å². The number of fused-ring (bicyclic) bond motifs is 1. The highest BCUT2D eigenvalue weighted by Gasteiger charge is 2.47. The van der Waals surface area contributed by atoms with Crippen LogP contribution in [0.1, 0.15) is 12.0 Å². The molecule has 142 valence electrons. The van der Waals surface area contributed by atoms with Crippen molar-refractivity contribution in [3.63, 3.8) is 0 Å².